The van der Waals surface area contributed by atoms with Crippen LogP contribution in [0.5, 0.6) is 11.5 Å². The molecule has 2 aromatic heterocycles. The Morgan fingerprint density at radius 2 is 1.74 bits per heavy atom. The van der Waals surface area contributed by atoms with E-state index >= 15 is 0 Å². The number of alkyl halides is 3. The van der Waals surface area contributed by atoms with Gasteiger partial charge in [0.1, 0.15) is 11.5 Å². The molecule has 10 heteroatoms. The number of hydrogen-bond donors (Lipinski definition) is 2. The van der Waals surface area contributed by atoms with E-state index in [9.17, 15) is 13.2 Å². The molecule has 2 heterocycles. The van der Waals surface area contributed by atoms with Gasteiger partial charge in [0.15, 0.2) is 0 Å². The lowest BCUT2D eigenvalue weighted by Gasteiger charge is -2.22. The van der Waals surface area contributed by atoms with Crippen molar-refractivity contribution in [3.8, 4) is 22.8 Å². The van der Waals surface area contributed by atoms with Gasteiger partial charge in [-0.05, 0) is 67.3 Å². The van der Waals surface area contributed by atoms with Gasteiger partial charge in [-0.2, -0.15) is 13.2 Å². The van der Waals surface area contributed by atoms with E-state index in [1.54, 1.807) is 24.5 Å². The first-order chi connectivity index (χ1) is 18.5. The summed E-state index contributed by atoms with van der Waals surface area (Å²) < 4.78 is 50.6. The molecule has 4 aromatic rings. The smallest absolute Gasteiger partial charge is 0.418 e. The van der Waals surface area contributed by atoms with Gasteiger partial charge < -0.3 is 14.8 Å². The van der Waals surface area contributed by atoms with Crippen LogP contribution in [-0.2, 0) is 6.18 Å². The minimum absolute atomic E-state index is 0.0506. The molecule has 1 fully saturated rings. The van der Waals surface area contributed by atoms with Gasteiger partial charge in [-0.1, -0.05) is 37.5 Å². The number of rotatable bonds is 8. The maximum atomic E-state index is 13.9. The summed E-state index contributed by atoms with van der Waals surface area (Å²) in [5.41, 5.74) is 0.241. The number of nitrogens with zero attached hydrogens (tertiary/aromatic N) is 3. The van der Waals surface area contributed by atoms with E-state index in [4.69, 9.17) is 4.74 Å². The Morgan fingerprint density at radius 1 is 0.921 bits per heavy atom. The number of hydrogen-bond acceptors (Lipinski definition) is 7. The molecule has 0 radical (unpaired) electrons. The largest absolute Gasteiger partial charge is 0.457 e. The van der Waals surface area contributed by atoms with Crippen LogP contribution in [0.15, 0.2) is 84.1 Å². The lowest BCUT2D eigenvalue weighted by Crippen LogP contribution is -2.23. The number of aromatic nitrogens is 3. The number of benzene rings is 2. The fourth-order valence-electron chi connectivity index (χ4n) is 4.31. The minimum atomic E-state index is -4.58. The summed E-state index contributed by atoms with van der Waals surface area (Å²) >= 11 is 1.11. The maximum Gasteiger partial charge on any atom is 0.418 e. The van der Waals surface area contributed by atoms with E-state index in [0.29, 0.717) is 29.0 Å². The highest BCUT2D eigenvalue weighted by Gasteiger charge is 2.34. The minimum Gasteiger partial charge on any atom is -0.457 e. The highest BCUT2D eigenvalue weighted by molar-refractivity contribution is 8.00. The summed E-state index contributed by atoms with van der Waals surface area (Å²) in [6.07, 6.45) is 5.93. The summed E-state index contributed by atoms with van der Waals surface area (Å²) in [6, 6.07) is 16.7. The topological polar surface area (TPSA) is 72.0 Å². The van der Waals surface area contributed by atoms with Gasteiger partial charge >= 0.3 is 6.18 Å². The van der Waals surface area contributed by atoms with Crippen molar-refractivity contribution in [2.24, 2.45) is 0 Å². The Morgan fingerprint density at radius 3 is 2.53 bits per heavy atom. The van der Waals surface area contributed by atoms with Gasteiger partial charge in [-0.25, -0.2) is 9.97 Å². The molecular formula is C28H26F3N5OS. The van der Waals surface area contributed by atoms with Gasteiger partial charge in [-0.3, -0.25) is 4.98 Å². The molecule has 0 spiro atoms. The molecule has 1 saturated carbocycles. The second-order valence-corrected chi connectivity index (χ2v) is 9.82. The number of anilines is 2. The van der Waals surface area contributed by atoms with E-state index < -0.39 is 11.7 Å². The molecule has 0 amide bonds. The van der Waals surface area contributed by atoms with Crippen molar-refractivity contribution >= 4 is 23.6 Å². The molecule has 1 aliphatic carbocycles. The van der Waals surface area contributed by atoms with E-state index in [0.717, 1.165) is 35.8 Å². The number of pyridine rings is 1. The van der Waals surface area contributed by atoms with Crippen molar-refractivity contribution in [2.75, 3.05) is 10.0 Å². The van der Waals surface area contributed by atoms with Crippen molar-refractivity contribution in [2.45, 2.75) is 49.2 Å². The summed E-state index contributed by atoms with van der Waals surface area (Å²) in [4.78, 5) is 13.9. The van der Waals surface area contributed by atoms with Crippen molar-refractivity contribution < 1.29 is 17.9 Å². The monoisotopic (exact) mass is 537 g/mol. The zero-order chi connectivity index (χ0) is 26.4. The molecule has 196 valence electrons. The molecule has 2 aromatic carbocycles. The summed E-state index contributed by atoms with van der Waals surface area (Å²) in [6.45, 7) is 0. The Bertz CT molecular complexity index is 1360. The lowest BCUT2D eigenvalue weighted by atomic mass is 9.96. The fourth-order valence-corrected chi connectivity index (χ4v) is 5.01. The predicted molar refractivity (Wildman–Crippen MR) is 143 cm³/mol. The summed E-state index contributed by atoms with van der Waals surface area (Å²) in [7, 11) is 0. The SMILES string of the molecule is FC(F)(F)c1cc(Oc2ccncc2-c2ccnc(NC3CCCCC3)n2)ccc1NSc1ccccc1. The molecule has 1 aliphatic rings. The van der Waals surface area contributed by atoms with E-state index in [1.165, 1.54) is 37.6 Å². The van der Waals surface area contributed by atoms with Crippen molar-refractivity contribution in [3.63, 3.8) is 0 Å². The lowest BCUT2D eigenvalue weighted by molar-refractivity contribution is -0.137. The molecule has 0 bridgehead atoms. The Labute approximate surface area is 223 Å². The van der Waals surface area contributed by atoms with Crippen LogP contribution in [0.3, 0.4) is 0 Å². The first-order valence-electron chi connectivity index (χ1n) is 12.4. The maximum absolute atomic E-state index is 13.9. The highest BCUT2D eigenvalue weighted by Crippen LogP contribution is 2.40. The first kappa shape index (κ1) is 25.8. The molecule has 6 nitrogen and oxygen atoms in total. The van der Waals surface area contributed by atoms with Crippen LogP contribution < -0.4 is 14.8 Å². The normalized spacial score (nSPS) is 14.2. The van der Waals surface area contributed by atoms with Crippen molar-refractivity contribution in [1.29, 1.82) is 0 Å². The van der Waals surface area contributed by atoms with E-state index in [-0.39, 0.29) is 11.4 Å². The van der Waals surface area contributed by atoms with Crippen LogP contribution in [-0.4, -0.2) is 21.0 Å². The van der Waals surface area contributed by atoms with Gasteiger partial charge in [0.2, 0.25) is 5.95 Å². The third kappa shape index (κ3) is 6.55. The zero-order valence-electron chi connectivity index (χ0n) is 20.4. The molecule has 0 saturated heterocycles. The molecule has 0 unspecified atom stereocenters. The van der Waals surface area contributed by atoms with Gasteiger partial charge in [0, 0.05) is 29.5 Å². The second kappa shape index (κ2) is 11.7. The Balaban J connectivity index is 1.37. The van der Waals surface area contributed by atoms with Gasteiger partial charge in [-0.15, -0.1) is 0 Å². The summed E-state index contributed by atoms with van der Waals surface area (Å²) in [5.74, 6) is 0.902. The van der Waals surface area contributed by atoms with Gasteiger partial charge in [0.05, 0.1) is 22.5 Å². The number of halogens is 3. The average Bonchev–Trinajstić information content (AvgIpc) is 2.93. The highest BCUT2D eigenvalue weighted by atomic mass is 32.2. The molecular weight excluding hydrogens is 511 g/mol. The first-order valence-corrected chi connectivity index (χ1v) is 13.2. The second-order valence-electron chi connectivity index (χ2n) is 8.94. The van der Waals surface area contributed by atoms with Crippen LogP contribution in [0.2, 0.25) is 0 Å². The quantitative estimate of drug-likeness (QED) is 0.219. The standard InChI is InChI=1S/C28H26F3N5OS/c29-28(30,31)23-17-20(11-12-25(23)36-38-21-9-5-2-6-10-21)37-26-14-15-32-18-22(26)24-13-16-33-27(35-24)34-19-7-3-1-4-8-19/h2,5-6,9-19,36H,1,3-4,7-8H2,(H,33,34,35). The molecule has 38 heavy (non-hydrogen) atoms. The summed E-state index contributed by atoms with van der Waals surface area (Å²) in [5, 5.41) is 3.40. The third-order valence-electron chi connectivity index (χ3n) is 6.20. The van der Waals surface area contributed by atoms with Crippen LogP contribution in [0.1, 0.15) is 37.7 Å². The van der Waals surface area contributed by atoms with Crippen LogP contribution in [0, 0.1) is 0 Å². The Hall–Kier alpha value is -3.79. The zero-order valence-corrected chi connectivity index (χ0v) is 21.2. The third-order valence-corrected chi connectivity index (χ3v) is 7.03. The predicted octanol–water partition coefficient (Wildman–Crippen LogP) is 8.21. The van der Waals surface area contributed by atoms with E-state index in [2.05, 4.69) is 25.0 Å². The van der Waals surface area contributed by atoms with Crippen LogP contribution >= 0.6 is 11.9 Å². The number of nitrogens with one attached hydrogen (secondary N) is 2. The van der Waals surface area contributed by atoms with Crippen LogP contribution in [0.4, 0.5) is 24.8 Å². The Kier molecular flexibility index (Phi) is 7.97. The molecule has 5 rings (SSSR count). The van der Waals surface area contributed by atoms with Crippen LogP contribution in [0.25, 0.3) is 11.3 Å². The molecule has 2 N–H and O–H groups in total. The van der Waals surface area contributed by atoms with Gasteiger partial charge in [0.25, 0.3) is 0 Å². The average molecular weight is 538 g/mol. The van der Waals surface area contributed by atoms with E-state index in [1.807, 2.05) is 30.3 Å². The molecule has 0 aliphatic heterocycles. The fraction of sp³-hybridized carbons (Fsp3) is 0.250. The van der Waals surface area contributed by atoms with Crippen molar-refractivity contribution in [3.05, 3.63) is 84.8 Å². The van der Waals surface area contributed by atoms with Crippen molar-refractivity contribution in [1.82, 2.24) is 15.0 Å². The molecule has 0 atom stereocenters. The number of ether oxygens (including phenoxy) is 1.